The minimum absolute atomic E-state index is 0.0651. The number of unbranched alkanes of at least 4 members (excludes halogenated alkanes) is 49. The molecule has 0 spiro atoms. The van der Waals surface area contributed by atoms with Gasteiger partial charge in [-0.1, -0.05) is 334 Å². The van der Waals surface area contributed by atoms with E-state index in [1.54, 1.807) is 6.08 Å². The molecule has 0 rings (SSSR count). The standard InChI is InChI=1S/C65H131N2O6P/c1-6-8-10-12-14-16-18-20-22-23-24-25-26-27-28-29-30-31-32-33-34-35-36-37-38-39-40-41-42-43-44-45-47-49-51-53-55-57-59-65(69)66-63(62-73-74(70,71)72-61-60-67(3,4)5)64(68)58-56-54-52-50-48-46-21-19-17-15-13-11-9-7-2/h56,58,63-64,68H,6-55,57,59-62H2,1-5H3,(H-,66,69,70,71)/p+1/b58-56+. The van der Waals surface area contributed by atoms with Gasteiger partial charge in [0, 0.05) is 6.42 Å². The van der Waals surface area contributed by atoms with Crippen molar-refractivity contribution in [2.45, 2.75) is 360 Å². The largest absolute Gasteiger partial charge is 0.472 e. The first-order chi connectivity index (χ1) is 36.0. The Bertz CT molecular complexity index is 1210. The number of carbonyl (C=O) groups excluding carboxylic acids is 1. The van der Waals surface area contributed by atoms with Crippen LogP contribution < -0.4 is 5.32 Å². The number of hydrogen-bond acceptors (Lipinski definition) is 5. The van der Waals surface area contributed by atoms with Gasteiger partial charge in [-0.25, -0.2) is 4.57 Å². The number of phosphoric ester groups is 1. The molecule has 0 bridgehead atoms. The molecule has 3 N–H and O–H groups in total. The highest BCUT2D eigenvalue weighted by molar-refractivity contribution is 7.47. The third kappa shape index (κ3) is 58.9. The summed E-state index contributed by atoms with van der Waals surface area (Å²) in [5.74, 6) is -0.169. The molecule has 74 heavy (non-hydrogen) atoms. The summed E-state index contributed by atoms with van der Waals surface area (Å²) >= 11 is 0. The van der Waals surface area contributed by atoms with Crippen LogP contribution in [-0.2, 0) is 18.4 Å². The SMILES string of the molecule is CCCCCCCCCCCCCC/C=C/C(O)C(COP(=O)(O)OCC[N+](C)(C)C)NC(=O)CCCCCCCCCCCCCCCCCCCCCCCCCCCCCCCCCCCCCCCC. The lowest BCUT2D eigenvalue weighted by Crippen LogP contribution is -2.45. The molecule has 0 fully saturated rings. The number of rotatable bonds is 62. The number of hydrogen-bond donors (Lipinski definition) is 3. The van der Waals surface area contributed by atoms with Gasteiger partial charge in [0.1, 0.15) is 13.2 Å². The molecule has 0 aliphatic carbocycles. The highest BCUT2D eigenvalue weighted by Crippen LogP contribution is 2.43. The number of amides is 1. The maximum Gasteiger partial charge on any atom is 0.472 e. The summed E-state index contributed by atoms with van der Waals surface area (Å²) in [6.45, 7) is 4.86. The third-order valence-corrected chi connectivity index (χ3v) is 16.5. The monoisotopic (exact) mass is 1070 g/mol. The first-order valence-corrected chi connectivity index (χ1v) is 34.6. The van der Waals surface area contributed by atoms with Crippen LogP contribution in [0, 0.1) is 0 Å². The zero-order chi connectivity index (χ0) is 54.2. The Labute approximate surface area is 462 Å². The van der Waals surface area contributed by atoms with Gasteiger partial charge in [0.15, 0.2) is 0 Å². The molecule has 0 saturated heterocycles. The Morgan fingerprint density at radius 1 is 0.446 bits per heavy atom. The average Bonchev–Trinajstić information content (AvgIpc) is 3.36. The van der Waals surface area contributed by atoms with E-state index in [-0.39, 0.29) is 19.1 Å². The number of aliphatic hydroxyl groups excluding tert-OH is 1. The van der Waals surface area contributed by atoms with Gasteiger partial charge < -0.3 is 19.8 Å². The van der Waals surface area contributed by atoms with Crippen LogP contribution in [0.1, 0.15) is 348 Å². The molecule has 3 atom stereocenters. The number of allylic oxidation sites excluding steroid dienone is 1. The van der Waals surface area contributed by atoms with Crippen molar-refractivity contribution in [1.82, 2.24) is 5.32 Å². The number of quaternary nitrogens is 1. The highest BCUT2D eigenvalue weighted by Gasteiger charge is 2.28. The van der Waals surface area contributed by atoms with Crippen molar-refractivity contribution in [3.63, 3.8) is 0 Å². The second kappa shape index (κ2) is 56.9. The highest BCUT2D eigenvalue weighted by atomic mass is 31.2. The fourth-order valence-corrected chi connectivity index (χ4v) is 11.1. The molecule has 3 unspecified atom stereocenters. The van der Waals surface area contributed by atoms with Crippen LogP contribution in [0.25, 0.3) is 0 Å². The smallest absolute Gasteiger partial charge is 0.387 e. The van der Waals surface area contributed by atoms with Crippen LogP contribution in [0.3, 0.4) is 0 Å². The fraction of sp³-hybridized carbons (Fsp3) is 0.954. The van der Waals surface area contributed by atoms with E-state index in [2.05, 4.69) is 19.2 Å². The quantitative estimate of drug-likeness (QED) is 0.0243. The molecule has 0 heterocycles. The number of likely N-dealkylation sites (N-methyl/N-ethyl adjacent to an activating group) is 1. The van der Waals surface area contributed by atoms with E-state index in [9.17, 15) is 19.4 Å². The van der Waals surface area contributed by atoms with Crippen molar-refractivity contribution in [2.75, 3.05) is 40.9 Å². The molecule has 0 aromatic carbocycles. The number of nitrogens with zero attached hydrogens (tertiary/aromatic N) is 1. The van der Waals surface area contributed by atoms with Crippen molar-refractivity contribution >= 4 is 13.7 Å². The normalized spacial score (nSPS) is 13.8. The molecule has 0 aromatic heterocycles. The van der Waals surface area contributed by atoms with Gasteiger partial charge in [-0.15, -0.1) is 0 Å². The van der Waals surface area contributed by atoms with Crippen molar-refractivity contribution < 1.29 is 32.9 Å². The second-order valence-electron chi connectivity index (χ2n) is 24.2. The molecule has 0 saturated carbocycles. The van der Waals surface area contributed by atoms with Crippen molar-refractivity contribution in [2.24, 2.45) is 0 Å². The van der Waals surface area contributed by atoms with Crippen molar-refractivity contribution in [1.29, 1.82) is 0 Å². The Balaban J connectivity index is 3.85. The minimum atomic E-state index is -4.34. The predicted molar refractivity (Wildman–Crippen MR) is 323 cm³/mol. The van der Waals surface area contributed by atoms with Gasteiger partial charge in [0.05, 0.1) is 39.9 Å². The van der Waals surface area contributed by atoms with Gasteiger partial charge in [0.25, 0.3) is 0 Å². The molecule has 8 nitrogen and oxygen atoms in total. The molecule has 442 valence electrons. The fourth-order valence-electron chi connectivity index (χ4n) is 10.3. The lowest BCUT2D eigenvalue weighted by molar-refractivity contribution is -0.870. The first kappa shape index (κ1) is 73.2. The predicted octanol–water partition coefficient (Wildman–Crippen LogP) is 20.6. The topological polar surface area (TPSA) is 105 Å². The maximum atomic E-state index is 13.0. The van der Waals surface area contributed by atoms with Gasteiger partial charge in [0.2, 0.25) is 5.91 Å². The summed E-state index contributed by atoms with van der Waals surface area (Å²) in [6, 6.07) is -0.842. The van der Waals surface area contributed by atoms with E-state index in [0.29, 0.717) is 17.4 Å². The Morgan fingerprint density at radius 2 is 0.716 bits per heavy atom. The van der Waals surface area contributed by atoms with Gasteiger partial charge in [-0.05, 0) is 19.3 Å². The van der Waals surface area contributed by atoms with Gasteiger partial charge in [-0.3, -0.25) is 13.8 Å². The van der Waals surface area contributed by atoms with E-state index in [0.717, 1.165) is 38.5 Å². The van der Waals surface area contributed by atoms with Crippen molar-refractivity contribution in [3.8, 4) is 0 Å². The maximum absolute atomic E-state index is 13.0. The van der Waals surface area contributed by atoms with Crippen molar-refractivity contribution in [3.05, 3.63) is 12.2 Å². The van der Waals surface area contributed by atoms with Crippen LogP contribution in [0.4, 0.5) is 0 Å². The number of carbonyl (C=O) groups is 1. The summed E-state index contributed by atoms with van der Waals surface area (Å²) in [5.41, 5.74) is 0. The van der Waals surface area contributed by atoms with Crippen LogP contribution in [-0.4, -0.2) is 73.4 Å². The Kier molecular flexibility index (Phi) is 56.4. The summed E-state index contributed by atoms with van der Waals surface area (Å²) < 4.78 is 23.7. The van der Waals surface area contributed by atoms with Gasteiger partial charge in [-0.2, -0.15) is 0 Å². The number of nitrogens with one attached hydrogen (secondary N) is 1. The number of aliphatic hydroxyl groups is 1. The Hall–Kier alpha value is -0.760. The lowest BCUT2D eigenvalue weighted by atomic mass is 10.0. The Morgan fingerprint density at radius 3 is 1.00 bits per heavy atom. The molecule has 0 aliphatic heterocycles. The average molecular weight is 1070 g/mol. The second-order valence-corrected chi connectivity index (χ2v) is 25.7. The lowest BCUT2D eigenvalue weighted by Gasteiger charge is -2.25. The van der Waals surface area contributed by atoms with E-state index < -0.39 is 20.0 Å². The molecule has 1 amide bonds. The summed E-state index contributed by atoms with van der Waals surface area (Å²) in [6.07, 6.45) is 72.2. The molecular weight excluding hydrogens is 936 g/mol. The first-order valence-electron chi connectivity index (χ1n) is 33.1. The molecular formula is C65H132N2O6P+. The van der Waals surface area contributed by atoms with Crippen LogP contribution in [0.2, 0.25) is 0 Å². The van der Waals surface area contributed by atoms with Crippen LogP contribution in [0.15, 0.2) is 12.2 Å². The van der Waals surface area contributed by atoms with E-state index >= 15 is 0 Å². The minimum Gasteiger partial charge on any atom is -0.387 e. The van der Waals surface area contributed by atoms with E-state index in [1.165, 1.54) is 289 Å². The van der Waals surface area contributed by atoms with Crippen LogP contribution >= 0.6 is 7.82 Å². The van der Waals surface area contributed by atoms with Crippen LogP contribution in [0.5, 0.6) is 0 Å². The molecule has 0 aromatic rings. The zero-order valence-electron chi connectivity index (χ0n) is 50.6. The molecule has 9 heteroatoms. The summed E-state index contributed by atoms with van der Waals surface area (Å²) in [7, 11) is 1.59. The number of phosphoric acid groups is 1. The van der Waals surface area contributed by atoms with E-state index in [1.807, 2.05) is 27.2 Å². The molecule has 0 radical (unpaired) electrons. The third-order valence-electron chi connectivity index (χ3n) is 15.5. The zero-order valence-corrected chi connectivity index (χ0v) is 51.5. The van der Waals surface area contributed by atoms with E-state index in [4.69, 9.17) is 9.05 Å². The summed E-state index contributed by atoms with van der Waals surface area (Å²) in [5, 5.41) is 13.9. The molecule has 0 aliphatic rings. The van der Waals surface area contributed by atoms with Gasteiger partial charge >= 0.3 is 7.82 Å². The summed E-state index contributed by atoms with van der Waals surface area (Å²) in [4.78, 5) is 23.3.